The lowest BCUT2D eigenvalue weighted by atomic mass is 9.52. The maximum atomic E-state index is 12.1. The average molecular weight is 451 g/mol. The van der Waals surface area contributed by atoms with Gasteiger partial charge in [-0.3, -0.25) is 4.79 Å². The molecule has 1 aromatic carbocycles. The van der Waals surface area contributed by atoms with Gasteiger partial charge >= 0.3 is 0 Å². The third-order valence-corrected chi connectivity index (χ3v) is 7.73. The Kier molecular flexibility index (Phi) is 4.83. The van der Waals surface area contributed by atoms with Crippen LogP contribution >= 0.6 is 0 Å². The summed E-state index contributed by atoms with van der Waals surface area (Å²) in [5, 5.41) is 21.0. The van der Waals surface area contributed by atoms with Crippen LogP contribution in [0.2, 0.25) is 0 Å². The number of aromatic nitrogens is 2. The molecule has 4 aliphatic carbocycles. The van der Waals surface area contributed by atoms with Crippen molar-refractivity contribution in [2.75, 3.05) is 29.1 Å². The third kappa shape index (κ3) is 3.84. The van der Waals surface area contributed by atoms with E-state index in [1.807, 2.05) is 18.2 Å². The van der Waals surface area contributed by atoms with Crippen LogP contribution in [0.25, 0.3) is 0 Å². The van der Waals surface area contributed by atoms with Crippen LogP contribution in [0.3, 0.4) is 0 Å². The van der Waals surface area contributed by atoms with Gasteiger partial charge in [0.05, 0.1) is 23.5 Å². The number of anilines is 4. The Bertz CT molecular complexity index is 1080. The SMILES string of the molecule is NC(=O)c1cnc(Nc2ccc3c(c2)NCCCO3)nc1NC1C2CC3CC1CC(O)(C3)C2. The highest BCUT2D eigenvalue weighted by molar-refractivity contribution is 5.97. The van der Waals surface area contributed by atoms with E-state index in [0.29, 0.717) is 36.1 Å². The molecule has 4 bridgehead atoms. The summed E-state index contributed by atoms with van der Waals surface area (Å²) in [6, 6.07) is 5.99. The molecule has 0 spiro atoms. The molecule has 4 saturated carbocycles. The van der Waals surface area contributed by atoms with E-state index in [1.54, 1.807) is 0 Å². The number of carbonyl (C=O) groups excluding carboxylic acids is 1. The van der Waals surface area contributed by atoms with Gasteiger partial charge in [-0.05, 0) is 74.5 Å². The van der Waals surface area contributed by atoms with Crippen molar-refractivity contribution in [1.29, 1.82) is 0 Å². The number of rotatable bonds is 5. The number of nitrogens with zero attached hydrogens (tertiary/aromatic N) is 2. The zero-order chi connectivity index (χ0) is 22.6. The van der Waals surface area contributed by atoms with Gasteiger partial charge in [-0.1, -0.05) is 0 Å². The monoisotopic (exact) mass is 450 g/mol. The highest BCUT2D eigenvalue weighted by Gasteiger charge is 2.54. The smallest absolute Gasteiger partial charge is 0.254 e. The third-order valence-electron chi connectivity index (χ3n) is 7.73. The van der Waals surface area contributed by atoms with Crippen LogP contribution in [0.5, 0.6) is 5.75 Å². The van der Waals surface area contributed by atoms with E-state index in [9.17, 15) is 9.90 Å². The molecule has 2 unspecified atom stereocenters. The molecule has 1 amide bonds. The number of carbonyl (C=O) groups is 1. The Morgan fingerprint density at radius 2 is 2.06 bits per heavy atom. The fraction of sp³-hybridized carbons (Fsp3) is 0.542. The van der Waals surface area contributed by atoms with Gasteiger partial charge in [-0.15, -0.1) is 0 Å². The van der Waals surface area contributed by atoms with Gasteiger partial charge in [0.2, 0.25) is 5.95 Å². The summed E-state index contributed by atoms with van der Waals surface area (Å²) in [4.78, 5) is 21.1. The van der Waals surface area contributed by atoms with Gasteiger partial charge in [-0.25, -0.2) is 4.98 Å². The van der Waals surface area contributed by atoms with Crippen molar-refractivity contribution in [3.63, 3.8) is 0 Å². The van der Waals surface area contributed by atoms with Crippen LogP contribution in [0.4, 0.5) is 23.1 Å². The molecule has 2 atom stereocenters. The molecule has 1 aromatic heterocycles. The Morgan fingerprint density at radius 3 is 2.82 bits per heavy atom. The van der Waals surface area contributed by atoms with Crippen LogP contribution in [0, 0.1) is 17.8 Å². The average Bonchev–Trinajstić information content (AvgIpc) is 3.00. The first kappa shape index (κ1) is 20.5. The molecule has 2 heterocycles. The molecule has 33 heavy (non-hydrogen) atoms. The van der Waals surface area contributed by atoms with E-state index in [4.69, 9.17) is 10.5 Å². The predicted molar refractivity (Wildman–Crippen MR) is 125 cm³/mol. The number of fused-ring (bicyclic) bond motifs is 1. The molecule has 9 heteroatoms. The lowest BCUT2D eigenvalue weighted by Gasteiger charge is -2.58. The second-order valence-electron chi connectivity index (χ2n) is 10.1. The summed E-state index contributed by atoms with van der Waals surface area (Å²) >= 11 is 0. The highest BCUT2D eigenvalue weighted by Crippen LogP contribution is 2.56. The van der Waals surface area contributed by atoms with Crippen LogP contribution in [-0.4, -0.2) is 45.8 Å². The van der Waals surface area contributed by atoms with E-state index in [1.165, 1.54) is 6.20 Å². The summed E-state index contributed by atoms with van der Waals surface area (Å²) in [5.74, 6) is 2.48. The Hall–Kier alpha value is -3.07. The predicted octanol–water partition coefficient (Wildman–Crippen LogP) is 2.87. The number of primary amides is 1. The molecular weight excluding hydrogens is 420 g/mol. The maximum absolute atomic E-state index is 12.1. The van der Waals surface area contributed by atoms with E-state index < -0.39 is 11.5 Å². The van der Waals surface area contributed by atoms with Crippen LogP contribution < -0.4 is 26.4 Å². The van der Waals surface area contributed by atoms with Crippen molar-refractivity contribution in [3.8, 4) is 5.75 Å². The van der Waals surface area contributed by atoms with Crippen molar-refractivity contribution >= 4 is 29.0 Å². The fourth-order valence-corrected chi connectivity index (χ4v) is 6.59. The van der Waals surface area contributed by atoms with Crippen molar-refractivity contribution < 1.29 is 14.6 Å². The number of nitrogens with two attached hydrogens (primary N) is 1. The quantitative estimate of drug-likeness (QED) is 0.469. The minimum atomic E-state index is -0.558. The molecule has 4 fully saturated rings. The molecule has 5 aliphatic rings. The van der Waals surface area contributed by atoms with E-state index in [0.717, 1.165) is 62.2 Å². The number of amides is 1. The number of benzene rings is 1. The van der Waals surface area contributed by atoms with Gasteiger partial charge in [0, 0.05) is 24.5 Å². The Morgan fingerprint density at radius 1 is 1.24 bits per heavy atom. The van der Waals surface area contributed by atoms with Crippen LogP contribution in [0.15, 0.2) is 24.4 Å². The number of hydrogen-bond donors (Lipinski definition) is 5. The van der Waals surface area contributed by atoms with Crippen molar-refractivity contribution in [2.45, 2.75) is 50.2 Å². The van der Waals surface area contributed by atoms with Gasteiger partial charge in [0.15, 0.2) is 0 Å². The molecule has 7 rings (SSSR count). The summed E-state index contributed by atoms with van der Waals surface area (Å²) < 4.78 is 5.75. The standard InChI is InChI=1S/C24H30N6O3/c25-21(31)17-12-27-23(28-16-2-3-19-18(8-16)26-4-1-5-33-19)30-22(17)29-20-14-6-13-7-15(20)11-24(32,9-13)10-14/h2-3,8,12-15,20,26,32H,1,4-7,9-11H2,(H2,25,31)(H2,27,28,29,30). The zero-order valence-electron chi connectivity index (χ0n) is 18.5. The Balaban J connectivity index is 1.25. The van der Waals surface area contributed by atoms with Crippen molar-refractivity contribution in [3.05, 3.63) is 30.0 Å². The number of hydrogen-bond acceptors (Lipinski definition) is 8. The van der Waals surface area contributed by atoms with E-state index in [2.05, 4.69) is 25.9 Å². The first-order valence-electron chi connectivity index (χ1n) is 11.9. The molecule has 1 aliphatic heterocycles. The molecule has 0 radical (unpaired) electrons. The van der Waals surface area contributed by atoms with E-state index in [-0.39, 0.29) is 11.6 Å². The van der Waals surface area contributed by atoms with Gasteiger partial charge < -0.3 is 31.5 Å². The van der Waals surface area contributed by atoms with Crippen LogP contribution in [0.1, 0.15) is 48.9 Å². The minimum absolute atomic E-state index is 0.177. The number of aliphatic hydroxyl groups is 1. The summed E-state index contributed by atoms with van der Waals surface area (Å²) in [6.07, 6.45) is 7.21. The molecule has 6 N–H and O–H groups in total. The first-order chi connectivity index (χ1) is 16.0. The second kappa shape index (κ2) is 7.76. The molecule has 0 saturated heterocycles. The maximum Gasteiger partial charge on any atom is 0.254 e. The molecule has 2 aromatic rings. The van der Waals surface area contributed by atoms with Gasteiger partial charge in [0.1, 0.15) is 11.6 Å². The largest absolute Gasteiger partial charge is 0.491 e. The second-order valence-corrected chi connectivity index (χ2v) is 10.1. The number of ether oxygens (including phenoxy) is 1. The Labute approximate surface area is 192 Å². The summed E-state index contributed by atoms with van der Waals surface area (Å²) in [7, 11) is 0. The normalized spacial score (nSPS) is 31.7. The van der Waals surface area contributed by atoms with Crippen LogP contribution in [-0.2, 0) is 0 Å². The topological polar surface area (TPSA) is 134 Å². The van der Waals surface area contributed by atoms with Crippen molar-refractivity contribution in [2.24, 2.45) is 23.5 Å². The van der Waals surface area contributed by atoms with E-state index >= 15 is 0 Å². The molecular formula is C24H30N6O3. The lowest BCUT2D eigenvalue weighted by molar-refractivity contribution is -0.129. The lowest BCUT2D eigenvalue weighted by Crippen LogP contribution is -2.59. The summed E-state index contributed by atoms with van der Waals surface area (Å²) in [5.41, 5.74) is 7.16. The highest BCUT2D eigenvalue weighted by atomic mass is 16.5. The zero-order valence-corrected chi connectivity index (χ0v) is 18.5. The molecule has 174 valence electrons. The number of nitrogens with one attached hydrogen (secondary N) is 3. The van der Waals surface area contributed by atoms with Gasteiger partial charge in [-0.2, -0.15) is 4.98 Å². The van der Waals surface area contributed by atoms with Gasteiger partial charge in [0.25, 0.3) is 5.91 Å². The van der Waals surface area contributed by atoms with Crippen molar-refractivity contribution in [1.82, 2.24) is 9.97 Å². The first-order valence-corrected chi connectivity index (χ1v) is 11.9. The fourth-order valence-electron chi connectivity index (χ4n) is 6.59. The molecule has 9 nitrogen and oxygen atoms in total. The minimum Gasteiger partial charge on any atom is -0.491 e. The summed E-state index contributed by atoms with van der Waals surface area (Å²) in [6.45, 7) is 1.55.